The maximum Gasteiger partial charge on any atom is 0.313 e. The highest BCUT2D eigenvalue weighted by Gasteiger charge is 2.72. The number of anilines is 1. The predicted octanol–water partition coefficient (Wildman–Crippen LogP) is 3.61. The van der Waals surface area contributed by atoms with Gasteiger partial charge in [0.05, 0.1) is 35.4 Å². The molecule has 1 spiro atoms. The van der Waals surface area contributed by atoms with Crippen LogP contribution < -0.4 is 4.90 Å². The summed E-state index contributed by atoms with van der Waals surface area (Å²) in [4.78, 5) is 60.9. The minimum atomic E-state index is -1.52. The van der Waals surface area contributed by atoms with Crippen molar-refractivity contribution < 1.29 is 33.8 Å². The number of cyclic esters (lactones) is 1. The van der Waals surface area contributed by atoms with Gasteiger partial charge < -0.3 is 29.3 Å². The molecule has 1 N–H and O–H groups in total. The van der Waals surface area contributed by atoms with Gasteiger partial charge in [0.1, 0.15) is 23.7 Å². The van der Waals surface area contributed by atoms with Crippen LogP contribution in [0.25, 0.3) is 0 Å². The number of amides is 3. The number of β-amino-alcohol motifs (C(OH)–C–C–N with tert-alkyl or cyclic N) is 1. The highest BCUT2D eigenvalue weighted by atomic mass is 35.5. The minimum absolute atomic E-state index is 0.101. The Morgan fingerprint density at radius 1 is 1.02 bits per heavy atom. The summed E-state index contributed by atoms with van der Waals surface area (Å²) in [5.74, 6) is -3.87. The van der Waals surface area contributed by atoms with Crippen molar-refractivity contribution in [3.8, 4) is 0 Å². The molecule has 46 heavy (non-hydrogen) atoms. The highest BCUT2D eigenvalue weighted by Crippen LogP contribution is 2.53. The fourth-order valence-corrected chi connectivity index (χ4v) is 7.73. The van der Waals surface area contributed by atoms with Gasteiger partial charge in [0.2, 0.25) is 11.8 Å². The second-order valence-corrected chi connectivity index (χ2v) is 12.7. The number of aryl methyl sites for hydroxylation is 1. The molecule has 10 nitrogen and oxygen atoms in total. The number of likely N-dealkylation sites (tertiary alicyclic amines) is 1. The third-order valence-corrected chi connectivity index (χ3v) is 10.0. The van der Waals surface area contributed by atoms with E-state index in [4.69, 9.17) is 21.1 Å². The first-order valence-electron chi connectivity index (χ1n) is 15.6. The largest absolute Gasteiger partial charge is 0.455 e. The van der Waals surface area contributed by atoms with Gasteiger partial charge in [-0.2, -0.15) is 0 Å². The van der Waals surface area contributed by atoms with Gasteiger partial charge in [0.25, 0.3) is 5.91 Å². The first-order chi connectivity index (χ1) is 22.1. The molecule has 242 valence electrons. The lowest BCUT2D eigenvalue weighted by Crippen LogP contribution is -2.56. The number of allylic oxidation sites excluding steroid dienone is 1. The van der Waals surface area contributed by atoms with E-state index in [9.17, 15) is 24.3 Å². The van der Waals surface area contributed by atoms with Crippen LogP contribution in [0.5, 0.6) is 0 Å². The Balaban J connectivity index is 1.45. The average Bonchev–Trinajstić information content (AvgIpc) is 3.42. The summed E-state index contributed by atoms with van der Waals surface area (Å²) in [5.41, 5.74) is 0.481. The Hall–Kier alpha value is -3.99. The van der Waals surface area contributed by atoms with Gasteiger partial charge in [0.15, 0.2) is 0 Å². The smallest absolute Gasteiger partial charge is 0.313 e. The molecule has 0 saturated carbocycles. The summed E-state index contributed by atoms with van der Waals surface area (Å²) in [6, 6.07) is 12.9. The normalized spacial score (nSPS) is 32.2. The van der Waals surface area contributed by atoms with E-state index < -0.39 is 59.5 Å². The summed E-state index contributed by atoms with van der Waals surface area (Å²) >= 11 is 6.60. The quantitative estimate of drug-likeness (QED) is 0.398. The van der Waals surface area contributed by atoms with Crippen LogP contribution in [0.1, 0.15) is 37.0 Å². The standard InChI is InChI=1S/C35H38ClN3O7/c1-21-11-9-14-24(36)29(21)38-18-10-17-35-28(32(42)39(19-20-40)31(35)33(38)43)27-25(46-35)15-7-8-16-26(41)37(3)22(2)30(45-34(27)44)23-12-5-4-6-13-23/h4-7,9-15,17,22,25,27-28,30-31,40H,8,16,18-20H2,1-3H3/b15-7-/t22-,25-,27+,28+,30+,31-,35+/m0/s1. The number of nitrogens with zero attached hydrogens (tertiary/aromatic N) is 3. The van der Waals surface area contributed by atoms with Crippen LogP contribution in [0.15, 0.2) is 72.8 Å². The number of carbonyl (C=O) groups is 4. The predicted molar refractivity (Wildman–Crippen MR) is 171 cm³/mol. The lowest BCUT2D eigenvalue weighted by Gasteiger charge is -2.35. The number of rotatable bonds is 4. The second kappa shape index (κ2) is 12.7. The number of fused-ring (bicyclic) bond motifs is 2. The van der Waals surface area contributed by atoms with Gasteiger partial charge in [-0.3, -0.25) is 19.2 Å². The number of esters is 1. The average molecular weight is 648 g/mol. The molecule has 4 aliphatic heterocycles. The number of likely N-dealkylation sites (N-methyl/N-ethyl adjacent to an activating group) is 1. The Morgan fingerprint density at radius 3 is 2.50 bits per heavy atom. The number of benzene rings is 2. The first-order valence-corrected chi connectivity index (χ1v) is 16.0. The Labute approximate surface area is 273 Å². The molecule has 4 aliphatic rings. The second-order valence-electron chi connectivity index (χ2n) is 12.3. The van der Waals surface area contributed by atoms with E-state index in [1.165, 1.54) is 9.80 Å². The fraction of sp³-hybridized carbons (Fsp3) is 0.429. The van der Waals surface area contributed by atoms with E-state index in [1.54, 1.807) is 48.4 Å². The van der Waals surface area contributed by atoms with Crippen LogP contribution in [0.2, 0.25) is 5.02 Å². The van der Waals surface area contributed by atoms with Crippen LogP contribution in [0, 0.1) is 18.8 Å². The van der Waals surface area contributed by atoms with Gasteiger partial charge in [-0.1, -0.05) is 78.4 Å². The zero-order chi connectivity index (χ0) is 32.7. The number of hydrogen-bond donors (Lipinski definition) is 1. The van der Waals surface area contributed by atoms with Crippen LogP contribution in [-0.2, 0) is 28.7 Å². The molecule has 0 unspecified atom stereocenters. The van der Waals surface area contributed by atoms with Crippen LogP contribution in [-0.4, -0.2) is 89.1 Å². The maximum absolute atomic E-state index is 14.6. The zero-order valence-electron chi connectivity index (χ0n) is 26.0. The number of hydrogen-bond acceptors (Lipinski definition) is 7. The van der Waals surface area contributed by atoms with Crippen molar-refractivity contribution in [2.45, 2.75) is 56.6 Å². The molecule has 4 heterocycles. The van der Waals surface area contributed by atoms with Crippen LogP contribution in [0.3, 0.4) is 0 Å². The number of aliphatic hydroxyl groups excluding tert-OH is 1. The number of aliphatic hydroxyl groups is 1. The van der Waals surface area contributed by atoms with Crippen molar-refractivity contribution in [3.63, 3.8) is 0 Å². The fourth-order valence-electron chi connectivity index (χ4n) is 7.40. The van der Waals surface area contributed by atoms with Crippen molar-refractivity contribution in [2.24, 2.45) is 11.8 Å². The molecule has 0 aliphatic carbocycles. The number of para-hydroxylation sites is 1. The zero-order valence-corrected chi connectivity index (χ0v) is 26.8. The Bertz CT molecular complexity index is 1580. The highest BCUT2D eigenvalue weighted by molar-refractivity contribution is 6.34. The van der Waals surface area contributed by atoms with E-state index in [1.807, 2.05) is 50.2 Å². The molecule has 2 aromatic rings. The van der Waals surface area contributed by atoms with Gasteiger partial charge in [-0.05, 0) is 37.5 Å². The molecule has 7 atom stereocenters. The van der Waals surface area contributed by atoms with Crippen LogP contribution >= 0.6 is 11.6 Å². The van der Waals surface area contributed by atoms with Gasteiger partial charge in [-0.15, -0.1) is 0 Å². The summed E-state index contributed by atoms with van der Waals surface area (Å²) in [6.07, 6.45) is 5.87. The third-order valence-electron chi connectivity index (χ3n) is 9.73. The molecular weight excluding hydrogens is 610 g/mol. The van der Waals surface area contributed by atoms with E-state index in [-0.39, 0.29) is 32.0 Å². The van der Waals surface area contributed by atoms with Crippen molar-refractivity contribution in [1.29, 1.82) is 0 Å². The summed E-state index contributed by atoms with van der Waals surface area (Å²) in [7, 11) is 1.69. The molecule has 0 radical (unpaired) electrons. The van der Waals surface area contributed by atoms with E-state index in [0.717, 1.165) is 5.56 Å². The van der Waals surface area contributed by atoms with Gasteiger partial charge in [-0.25, -0.2) is 0 Å². The van der Waals surface area contributed by atoms with E-state index in [2.05, 4.69) is 0 Å². The third kappa shape index (κ3) is 5.22. The Morgan fingerprint density at radius 2 is 1.78 bits per heavy atom. The molecular formula is C35H38ClN3O7. The summed E-state index contributed by atoms with van der Waals surface area (Å²) in [6.45, 7) is 3.33. The maximum atomic E-state index is 14.6. The molecule has 2 fully saturated rings. The molecule has 3 amide bonds. The molecule has 2 aromatic carbocycles. The molecule has 0 aromatic heterocycles. The van der Waals surface area contributed by atoms with Gasteiger partial charge in [0, 0.05) is 26.6 Å². The molecule has 2 saturated heterocycles. The summed E-state index contributed by atoms with van der Waals surface area (Å²) < 4.78 is 13.0. The minimum Gasteiger partial charge on any atom is -0.455 e. The number of halogens is 1. The van der Waals surface area contributed by atoms with Gasteiger partial charge >= 0.3 is 5.97 Å². The number of carbonyl (C=O) groups excluding carboxylic acids is 4. The van der Waals surface area contributed by atoms with E-state index >= 15 is 0 Å². The number of ether oxygens (including phenoxy) is 2. The van der Waals surface area contributed by atoms with E-state index in [0.29, 0.717) is 22.7 Å². The first kappa shape index (κ1) is 32.0. The van der Waals surface area contributed by atoms with Crippen LogP contribution in [0.4, 0.5) is 5.69 Å². The SMILES string of the molecule is Cc1cccc(Cl)c1N1CC=C[C@@]23O[C@H]4/C=C\CCC(=O)N(C)[C@@H](C)[C@H](c5ccccc5)OC(=O)[C@H]4[C@@H]2C(=O)N(CCO)[C@H]3C1=O. The topological polar surface area (TPSA) is 117 Å². The van der Waals surface area contributed by atoms with Crippen molar-refractivity contribution in [1.82, 2.24) is 9.80 Å². The lowest BCUT2D eigenvalue weighted by atomic mass is 9.77. The van der Waals surface area contributed by atoms with Crippen molar-refractivity contribution in [3.05, 3.63) is 89.0 Å². The molecule has 6 rings (SSSR count). The lowest BCUT2D eigenvalue weighted by molar-refractivity contribution is -0.164. The van der Waals surface area contributed by atoms with Crippen molar-refractivity contribution >= 4 is 41.0 Å². The molecule has 11 heteroatoms. The summed E-state index contributed by atoms with van der Waals surface area (Å²) in [5, 5.41) is 10.4. The monoisotopic (exact) mass is 647 g/mol. The Kier molecular flexibility index (Phi) is 8.80. The van der Waals surface area contributed by atoms with Crippen molar-refractivity contribution in [2.75, 3.05) is 31.6 Å². The molecule has 0 bridgehead atoms.